The predicted octanol–water partition coefficient (Wildman–Crippen LogP) is 3.70. The van der Waals surface area contributed by atoms with Gasteiger partial charge < -0.3 is 14.2 Å². The minimum Gasteiger partial charge on any atom is -0.493 e. The summed E-state index contributed by atoms with van der Waals surface area (Å²) in [5, 5.41) is 0.626. The van der Waals surface area contributed by atoms with Crippen LogP contribution in [0.15, 0.2) is 53.2 Å². The molecule has 0 N–H and O–H groups in total. The Morgan fingerprint density at radius 2 is 1.75 bits per heavy atom. The predicted molar refractivity (Wildman–Crippen MR) is 91.6 cm³/mol. The summed E-state index contributed by atoms with van der Waals surface area (Å²) >= 11 is 5.85. The summed E-state index contributed by atoms with van der Waals surface area (Å²) in [7, 11) is 3.09. The number of methoxy groups -OCH3 is 2. The van der Waals surface area contributed by atoms with Crippen molar-refractivity contribution in [2.45, 2.75) is 0 Å². The van der Waals surface area contributed by atoms with Crippen LogP contribution in [0.4, 0.5) is 0 Å². The molecular formula is C18H14ClNO4. The second-order valence-corrected chi connectivity index (χ2v) is 5.39. The van der Waals surface area contributed by atoms with Gasteiger partial charge in [0.1, 0.15) is 0 Å². The largest absolute Gasteiger partial charge is 0.493 e. The Morgan fingerprint density at radius 1 is 1.04 bits per heavy atom. The van der Waals surface area contributed by atoms with Crippen LogP contribution in [-0.4, -0.2) is 26.1 Å². The van der Waals surface area contributed by atoms with E-state index in [1.54, 1.807) is 55.7 Å². The van der Waals surface area contributed by atoms with E-state index >= 15 is 0 Å². The molecule has 1 aliphatic heterocycles. The summed E-state index contributed by atoms with van der Waals surface area (Å²) in [4.78, 5) is 16.3. The average Bonchev–Trinajstić information content (AvgIpc) is 2.97. The van der Waals surface area contributed by atoms with E-state index in [1.807, 2.05) is 0 Å². The highest BCUT2D eigenvalue weighted by Crippen LogP contribution is 2.29. The molecule has 2 aromatic carbocycles. The van der Waals surface area contributed by atoms with Gasteiger partial charge in [0.15, 0.2) is 17.2 Å². The topological polar surface area (TPSA) is 57.1 Å². The van der Waals surface area contributed by atoms with Crippen LogP contribution in [0, 0.1) is 0 Å². The summed E-state index contributed by atoms with van der Waals surface area (Å²) in [6.45, 7) is 0. The van der Waals surface area contributed by atoms with Gasteiger partial charge in [-0.15, -0.1) is 0 Å². The van der Waals surface area contributed by atoms with Crippen LogP contribution in [0.5, 0.6) is 11.5 Å². The first kappa shape index (κ1) is 16.1. The number of ether oxygens (including phenoxy) is 3. The second-order valence-electron chi connectivity index (χ2n) is 4.96. The SMILES string of the molecule is COc1ccc(C2=N/C(=C\c3ccc(Cl)cc3)C(=O)O2)cc1OC. The van der Waals surface area contributed by atoms with Crippen LogP contribution in [0.1, 0.15) is 11.1 Å². The molecule has 0 bridgehead atoms. The lowest BCUT2D eigenvalue weighted by Crippen LogP contribution is -2.05. The van der Waals surface area contributed by atoms with Gasteiger partial charge in [0, 0.05) is 10.6 Å². The number of aliphatic imine (C=N–C) groups is 1. The molecule has 0 amide bonds. The van der Waals surface area contributed by atoms with E-state index in [2.05, 4.69) is 4.99 Å². The molecule has 0 atom stereocenters. The molecule has 0 saturated carbocycles. The van der Waals surface area contributed by atoms with Gasteiger partial charge in [-0.25, -0.2) is 9.79 Å². The Hall–Kier alpha value is -2.79. The second kappa shape index (κ2) is 6.76. The molecule has 0 spiro atoms. The zero-order chi connectivity index (χ0) is 17.1. The minimum absolute atomic E-state index is 0.223. The molecule has 6 heteroatoms. The number of rotatable bonds is 4. The maximum absolute atomic E-state index is 12.0. The first-order valence-electron chi connectivity index (χ1n) is 7.11. The lowest BCUT2D eigenvalue weighted by Gasteiger charge is -2.08. The Labute approximate surface area is 144 Å². The third kappa shape index (κ3) is 3.26. The van der Waals surface area contributed by atoms with Gasteiger partial charge in [0.2, 0.25) is 5.90 Å². The molecule has 24 heavy (non-hydrogen) atoms. The Balaban J connectivity index is 1.93. The quantitative estimate of drug-likeness (QED) is 0.627. The molecule has 2 aromatic rings. The smallest absolute Gasteiger partial charge is 0.363 e. The Kier molecular flexibility index (Phi) is 4.53. The number of cyclic esters (lactones) is 1. The molecule has 1 heterocycles. The molecule has 0 aromatic heterocycles. The molecule has 3 rings (SSSR count). The maximum atomic E-state index is 12.0. The van der Waals surface area contributed by atoms with Crippen molar-refractivity contribution < 1.29 is 19.0 Å². The number of carbonyl (C=O) groups excluding carboxylic acids is 1. The number of benzene rings is 2. The van der Waals surface area contributed by atoms with Crippen molar-refractivity contribution in [2.75, 3.05) is 14.2 Å². The average molecular weight is 344 g/mol. The fraction of sp³-hybridized carbons (Fsp3) is 0.111. The van der Waals surface area contributed by atoms with Crippen LogP contribution in [0.2, 0.25) is 5.02 Å². The van der Waals surface area contributed by atoms with Crippen molar-refractivity contribution in [3.8, 4) is 11.5 Å². The van der Waals surface area contributed by atoms with E-state index < -0.39 is 5.97 Å². The molecule has 122 valence electrons. The number of carbonyl (C=O) groups is 1. The van der Waals surface area contributed by atoms with Crippen molar-refractivity contribution >= 4 is 29.5 Å². The van der Waals surface area contributed by atoms with Crippen LogP contribution in [-0.2, 0) is 9.53 Å². The maximum Gasteiger partial charge on any atom is 0.363 e. The van der Waals surface area contributed by atoms with E-state index in [0.717, 1.165) is 5.56 Å². The summed E-state index contributed by atoms with van der Waals surface area (Å²) in [6.07, 6.45) is 1.65. The summed E-state index contributed by atoms with van der Waals surface area (Å²) < 4.78 is 15.7. The number of hydrogen-bond acceptors (Lipinski definition) is 5. The third-order valence-corrected chi connectivity index (χ3v) is 3.68. The highest BCUT2D eigenvalue weighted by atomic mass is 35.5. The number of hydrogen-bond donors (Lipinski definition) is 0. The van der Waals surface area contributed by atoms with Gasteiger partial charge in [-0.2, -0.15) is 0 Å². The van der Waals surface area contributed by atoms with Crippen molar-refractivity contribution in [1.82, 2.24) is 0 Å². The molecule has 5 nitrogen and oxygen atoms in total. The van der Waals surface area contributed by atoms with Crippen LogP contribution < -0.4 is 9.47 Å². The standard InChI is InChI=1S/C18H14ClNO4/c1-22-15-8-5-12(10-16(15)23-2)17-20-14(18(21)24-17)9-11-3-6-13(19)7-4-11/h3-10H,1-2H3/b14-9-. The molecular weight excluding hydrogens is 330 g/mol. The molecule has 0 radical (unpaired) electrons. The monoisotopic (exact) mass is 343 g/mol. The van der Waals surface area contributed by atoms with Crippen LogP contribution >= 0.6 is 11.6 Å². The molecule has 0 fully saturated rings. The first-order valence-corrected chi connectivity index (χ1v) is 7.49. The van der Waals surface area contributed by atoms with E-state index in [0.29, 0.717) is 22.1 Å². The van der Waals surface area contributed by atoms with Gasteiger partial charge in [-0.3, -0.25) is 0 Å². The number of nitrogens with zero attached hydrogens (tertiary/aromatic N) is 1. The van der Waals surface area contributed by atoms with E-state index in [4.69, 9.17) is 25.8 Å². The van der Waals surface area contributed by atoms with Gasteiger partial charge in [-0.05, 0) is 42.0 Å². The Morgan fingerprint density at radius 3 is 2.42 bits per heavy atom. The minimum atomic E-state index is -0.505. The zero-order valence-corrected chi connectivity index (χ0v) is 13.8. The highest BCUT2D eigenvalue weighted by molar-refractivity contribution is 6.30. The van der Waals surface area contributed by atoms with Crippen molar-refractivity contribution in [1.29, 1.82) is 0 Å². The van der Waals surface area contributed by atoms with Gasteiger partial charge in [-0.1, -0.05) is 23.7 Å². The summed E-state index contributed by atoms with van der Waals surface area (Å²) in [6, 6.07) is 12.3. The van der Waals surface area contributed by atoms with Gasteiger partial charge in [0.05, 0.1) is 14.2 Å². The Bertz CT molecular complexity index is 841. The molecule has 0 aliphatic carbocycles. The summed E-state index contributed by atoms with van der Waals surface area (Å²) in [5.74, 6) is 0.836. The number of halogens is 1. The normalized spacial score (nSPS) is 15.2. The fourth-order valence-corrected chi connectivity index (χ4v) is 2.34. The van der Waals surface area contributed by atoms with Gasteiger partial charge in [0.25, 0.3) is 0 Å². The van der Waals surface area contributed by atoms with E-state index in [-0.39, 0.29) is 11.6 Å². The zero-order valence-electron chi connectivity index (χ0n) is 13.1. The van der Waals surface area contributed by atoms with Crippen molar-refractivity contribution in [2.24, 2.45) is 4.99 Å². The third-order valence-electron chi connectivity index (χ3n) is 3.42. The van der Waals surface area contributed by atoms with Crippen LogP contribution in [0.3, 0.4) is 0 Å². The highest BCUT2D eigenvalue weighted by Gasteiger charge is 2.25. The molecule has 0 saturated heterocycles. The number of esters is 1. The lowest BCUT2D eigenvalue weighted by molar-refractivity contribution is -0.129. The van der Waals surface area contributed by atoms with Crippen LogP contribution in [0.25, 0.3) is 6.08 Å². The summed E-state index contributed by atoms with van der Waals surface area (Å²) in [5.41, 5.74) is 1.66. The van der Waals surface area contributed by atoms with E-state index in [9.17, 15) is 4.79 Å². The first-order chi connectivity index (χ1) is 11.6. The lowest BCUT2D eigenvalue weighted by atomic mass is 10.2. The van der Waals surface area contributed by atoms with E-state index in [1.165, 1.54) is 7.11 Å². The fourth-order valence-electron chi connectivity index (χ4n) is 2.22. The molecule has 0 unspecified atom stereocenters. The molecule has 1 aliphatic rings. The van der Waals surface area contributed by atoms with Gasteiger partial charge >= 0.3 is 5.97 Å². The van der Waals surface area contributed by atoms with Crippen molar-refractivity contribution in [3.63, 3.8) is 0 Å². The van der Waals surface area contributed by atoms with Crippen molar-refractivity contribution in [3.05, 3.63) is 64.3 Å².